The van der Waals surface area contributed by atoms with Crippen LogP contribution in [0.4, 0.5) is 4.39 Å². The Kier molecular flexibility index (Phi) is 4.46. The van der Waals surface area contributed by atoms with Crippen LogP contribution in [-0.2, 0) is 6.42 Å². The van der Waals surface area contributed by atoms with Gasteiger partial charge in [-0.1, -0.05) is 22.9 Å². The predicted molar refractivity (Wildman–Crippen MR) is 84.2 cm³/mol. The summed E-state index contributed by atoms with van der Waals surface area (Å²) in [6, 6.07) is 5.72. The van der Waals surface area contributed by atoms with Crippen LogP contribution in [0.1, 0.15) is 38.2 Å². The lowest BCUT2D eigenvalue weighted by molar-refractivity contribution is 0.329. The van der Waals surface area contributed by atoms with Crippen molar-refractivity contribution < 1.29 is 4.39 Å². The summed E-state index contributed by atoms with van der Waals surface area (Å²) in [7, 11) is 0. The van der Waals surface area contributed by atoms with Gasteiger partial charge < -0.3 is 5.32 Å². The number of halogens is 2. The summed E-state index contributed by atoms with van der Waals surface area (Å²) >= 11 is 3.45. The lowest BCUT2D eigenvalue weighted by Crippen LogP contribution is -2.38. The van der Waals surface area contributed by atoms with E-state index in [0.717, 1.165) is 47.2 Å². The van der Waals surface area contributed by atoms with E-state index < -0.39 is 0 Å². The van der Waals surface area contributed by atoms with Crippen LogP contribution in [0.25, 0.3) is 0 Å². The standard InChI is InChI=1S/C17H23BrFN/c1-2-5-20-17(14-7-11-6-12(11)8-14)10-13-9-15(18)3-4-16(13)19/h3-4,9,11-12,14,17,20H,2,5-8,10H2,1H3. The molecule has 0 heterocycles. The minimum absolute atomic E-state index is 0.0698. The summed E-state index contributed by atoms with van der Waals surface area (Å²) in [5.74, 6) is 2.64. The van der Waals surface area contributed by atoms with Gasteiger partial charge in [0.1, 0.15) is 5.82 Å². The van der Waals surface area contributed by atoms with Crippen LogP contribution in [0, 0.1) is 23.6 Å². The van der Waals surface area contributed by atoms with E-state index >= 15 is 0 Å². The van der Waals surface area contributed by atoms with Crippen molar-refractivity contribution in [2.75, 3.05) is 6.54 Å². The molecular formula is C17H23BrFN. The third-order valence-electron chi connectivity index (χ3n) is 4.95. The third-order valence-corrected chi connectivity index (χ3v) is 5.45. The van der Waals surface area contributed by atoms with E-state index in [0.29, 0.717) is 6.04 Å². The van der Waals surface area contributed by atoms with Gasteiger partial charge in [0.15, 0.2) is 0 Å². The highest BCUT2D eigenvalue weighted by Gasteiger charge is 2.47. The monoisotopic (exact) mass is 339 g/mol. The molecule has 1 aromatic rings. The van der Waals surface area contributed by atoms with Gasteiger partial charge in [0.2, 0.25) is 0 Å². The maximum absolute atomic E-state index is 14.0. The van der Waals surface area contributed by atoms with Gasteiger partial charge in [0, 0.05) is 10.5 Å². The van der Waals surface area contributed by atoms with E-state index in [4.69, 9.17) is 0 Å². The minimum Gasteiger partial charge on any atom is -0.313 e. The van der Waals surface area contributed by atoms with Crippen molar-refractivity contribution in [3.8, 4) is 0 Å². The summed E-state index contributed by atoms with van der Waals surface area (Å²) in [6.45, 7) is 3.22. The highest BCUT2D eigenvalue weighted by atomic mass is 79.9. The Labute approximate surface area is 129 Å². The van der Waals surface area contributed by atoms with Gasteiger partial charge in [-0.05, 0) is 80.2 Å². The maximum Gasteiger partial charge on any atom is 0.126 e. The molecule has 0 saturated heterocycles. The molecule has 1 aromatic carbocycles. The van der Waals surface area contributed by atoms with Crippen molar-refractivity contribution in [1.29, 1.82) is 0 Å². The van der Waals surface area contributed by atoms with Crippen LogP contribution in [0.2, 0.25) is 0 Å². The quantitative estimate of drug-likeness (QED) is 0.801. The van der Waals surface area contributed by atoms with Gasteiger partial charge in [0.05, 0.1) is 0 Å². The molecule has 3 heteroatoms. The maximum atomic E-state index is 14.0. The average molecular weight is 340 g/mol. The lowest BCUT2D eigenvalue weighted by atomic mass is 9.89. The van der Waals surface area contributed by atoms with Gasteiger partial charge in [-0.2, -0.15) is 0 Å². The van der Waals surface area contributed by atoms with Crippen molar-refractivity contribution in [2.24, 2.45) is 17.8 Å². The molecule has 0 aliphatic heterocycles. The summed E-state index contributed by atoms with van der Waals surface area (Å²) < 4.78 is 14.9. The highest BCUT2D eigenvalue weighted by Crippen LogP contribution is 2.55. The molecule has 2 aliphatic rings. The normalized spacial score (nSPS) is 29.2. The Morgan fingerprint density at radius 3 is 2.75 bits per heavy atom. The molecule has 0 bridgehead atoms. The second kappa shape index (κ2) is 6.15. The summed E-state index contributed by atoms with van der Waals surface area (Å²) in [4.78, 5) is 0. The number of benzene rings is 1. The lowest BCUT2D eigenvalue weighted by Gasteiger charge is -2.26. The van der Waals surface area contributed by atoms with Crippen molar-refractivity contribution >= 4 is 15.9 Å². The van der Waals surface area contributed by atoms with Gasteiger partial charge in [-0.15, -0.1) is 0 Å². The summed E-state index contributed by atoms with van der Waals surface area (Å²) in [6.07, 6.45) is 6.10. The summed E-state index contributed by atoms with van der Waals surface area (Å²) in [5.41, 5.74) is 0.841. The van der Waals surface area contributed by atoms with Gasteiger partial charge in [-0.3, -0.25) is 0 Å². The fourth-order valence-electron chi connectivity index (χ4n) is 3.76. The first-order valence-corrected chi connectivity index (χ1v) is 8.64. The van der Waals surface area contributed by atoms with E-state index in [1.165, 1.54) is 19.3 Å². The SMILES string of the molecule is CCCNC(Cc1cc(Br)ccc1F)C1CC2CC2C1. The molecule has 2 fully saturated rings. The van der Waals surface area contributed by atoms with Crippen LogP contribution in [0.5, 0.6) is 0 Å². The first-order valence-electron chi connectivity index (χ1n) is 7.84. The van der Waals surface area contributed by atoms with Crippen LogP contribution < -0.4 is 5.32 Å². The Morgan fingerprint density at radius 2 is 2.05 bits per heavy atom. The van der Waals surface area contributed by atoms with Crippen molar-refractivity contribution in [1.82, 2.24) is 5.32 Å². The molecule has 0 radical (unpaired) electrons. The minimum atomic E-state index is -0.0698. The van der Waals surface area contributed by atoms with Crippen LogP contribution in [-0.4, -0.2) is 12.6 Å². The van der Waals surface area contributed by atoms with E-state index in [1.54, 1.807) is 12.1 Å². The first-order chi connectivity index (χ1) is 9.67. The fraction of sp³-hybridized carbons (Fsp3) is 0.647. The zero-order valence-electron chi connectivity index (χ0n) is 12.0. The van der Waals surface area contributed by atoms with Crippen molar-refractivity contribution in [3.05, 3.63) is 34.1 Å². The molecule has 1 N–H and O–H groups in total. The van der Waals surface area contributed by atoms with Crippen LogP contribution >= 0.6 is 15.9 Å². The molecule has 20 heavy (non-hydrogen) atoms. The molecule has 110 valence electrons. The predicted octanol–water partition coefficient (Wildman–Crippen LogP) is 4.55. The fourth-order valence-corrected chi connectivity index (χ4v) is 4.17. The van der Waals surface area contributed by atoms with E-state index in [2.05, 4.69) is 28.2 Å². The van der Waals surface area contributed by atoms with Gasteiger partial charge in [0.25, 0.3) is 0 Å². The first kappa shape index (κ1) is 14.5. The Morgan fingerprint density at radius 1 is 1.30 bits per heavy atom. The van der Waals surface area contributed by atoms with E-state index in [9.17, 15) is 4.39 Å². The molecule has 2 saturated carbocycles. The zero-order valence-corrected chi connectivity index (χ0v) is 13.6. The van der Waals surface area contributed by atoms with Crippen molar-refractivity contribution in [2.45, 2.75) is 45.1 Å². The Bertz CT molecular complexity index is 466. The van der Waals surface area contributed by atoms with Gasteiger partial charge >= 0.3 is 0 Å². The van der Waals surface area contributed by atoms with E-state index in [-0.39, 0.29) is 5.82 Å². The molecule has 2 aliphatic carbocycles. The highest BCUT2D eigenvalue weighted by molar-refractivity contribution is 9.10. The molecule has 0 amide bonds. The third kappa shape index (κ3) is 3.25. The number of nitrogens with one attached hydrogen (secondary N) is 1. The summed E-state index contributed by atoms with van der Waals surface area (Å²) in [5, 5.41) is 3.67. The van der Waals surface area contributed by atoms with Gasteiger partial charge in [-0.25, -0.2) is 4.39 Å². The molecular weight excluding hydrogens is 317 g/mol. The second-order valence-corrected chi connectivity index (χ2v) is 7.40. The Hall–Kier alpha value is -0.410. The van der Waals surface area contributed by atoms with Crippen molar-refractivity contribution in [3.63, 3.8) is 0 Å². The molecule has 3 atom stereocenters. The van der Waals surface area contributed by atoms with E-state index in [1.807, 2.05) is 6.07 Å². The molecule has 3 unspecified atom stereocenters. The number of hydrogen-bond acceptors (Lipinski definition) is 1. The molecule has 0 aromatic heterocycles. The largest absolute Gasteiger partial charge is 0.313 e. The number of fused-ring (bicyclic) bond motifs is 1. The zero-order chi connectivity index (χ0) is 14.1. The van der Waals surface area contributed by atoms with Crippen LogP contribution in [0.15, 0.2) is 22.7 Å². The number of hydrogen-bond donors (Lipinski definition) is 1. The molecule has 0 spiro atoms. The Balaban J connectivity index is 1.69. The molecule has 1 nitrogen and oxygen atoms in total. The second-order valence-electron chi connectivity index (χ2n) is 6.49. The van der Waals surface area contributed by atoms with Crippen LogP contribution in [0.3, 0.4) is 0 Å². The average Bonchev–Trinajstić information content (AvgIpc) is 3.05. The number of rotatable bonds is 6. The molecule has 3 rings (SSSR count). The smallest absolute Gasteiger partial charge is 0.126 e. The topological polar surface area (TPSA) is 12.0 Å².